The van der Waals surface area contributed by atoms with Crippen molar-refractivity contribution in [2.24, 2.45) is 0 Å². The topological polar surface area (TPSA) is 94.3 Å². The number of fused-ring (bicyclic) bond motifs is 1. The van der Waals surface area contributed by atoms with Gasteiger partial charge in [0, 0.05) is 5.39 Å². The van der Waals surface area contributed by atoms with Crippen molar-refractivity contribution in [3.05, 3.63) is 39.5 Å². The van der Waals surface area contributed by atoms with Crippen molar-refractivity contribution < 1.29 is 18.8 Å². The quantitative estimate of drug-likeness (QED) is 0.719. The summed E-state index contributed by atoms with van der Waals surface area (Å²) in [5.74, 6) is -0.747. The summed E-state index contributed by atoms with van der Waals surface area (Å²) in [6.45, 7) is 5.61. The highest BCUT2D eigenvalue weighted by molar-refractivity contribution is 7.17. The molecule has 1 amide bonds. The van der Waals surface area contributed by atoms with Crippen LogP contribution in [0.2, 0.25) is 0 Å². The van der Waals surface area contributed by atoms with Gasteiger partial charge in [-0.15, -0.1) is 0 Å². The molecule has 0 aliphatic carbocycles. The Kier molecular flexibility index (Phi) is 4.54. The Hall–Kier alpha value is -2.74. The maximum atomic E-state index is 12.3. The highest BCUT2D eigenvalue weighted by Crippen LogP contribution is 2.26. The molecule has 0 atom stereocenters. The van der Waals surface area contributed by atoms with Crippen LogP contribution in [0.1, 0.15) is 32.2 Å². The fourth-order valence-corrected chi connectivity index (χ4v) is 3.52. The van der Waals surface area contributed by atoms with E-state index in [1.807, 2.05) is 26.0 Å². The highest BCUT2D eigenvalue weighted by atomic mass is 32.1. The first-order chi connectivity index (χ1) is 11.9. The molecule has 130 valence electrons. The van der Waals surface area contributed by atoms with Crippen molar-refractivity contribution in [2.45, 2.75) is 27.2 Å². The number of ether oxygens (including phenoxy) is 1. The molecular formula is C17H17N3O4S. The zero-order chi connectivity index (χ0) is 18.1. The third-order valence-corrected chi connectivity index (χ3v) is 4.77. The SMILES string of the molecule is COC(=O)c1sc(NC(=O)Cc2noc3c(C)cc(C)cc23)nc1C. The Bertz CT molecular complexity index is 974. The van der Waals surface area contributed by atoms with Gasteiger partial charge in [-0.25, -0.2) is 9.78 Å². The first-order valence-electron chi connectivity index (χ1n) is 7.60. The minimum atomic E-state index is -0.469. The summed E-state index contributed by atoms with van der Waals surface area (Å²) < 4.78 is 10.0. The number of aromatic nitrogens is 2. The van der Waals surface area contributed by atoms with Crippen LogP contribution < -0.4 is 5.32 Å². The molecule has 0 bridgehead atoms. The van der Waals surface area contributed by atoms with E-state index in [2.05, 4.69) is 20.2 Å². The number of thiazole rings is 1. The number of hydrogen-bond acceptors (Lipinski definition) is 7. The van der Waals surface area contributed by atoms with Gasteiger partial charge in [-0.3, -0.25) is 4.79 Å². The third-order valence-electron chi connectivity index (χ3n) is 3.72. The molecule has 7 nitrogen and oxygen atoms in total. The molecule has 3 rings (SSSR count). The van der Waals surface area contributed by atoms with Crippen LogP contribution in [0.3, 0.4) is 0 Å². The highest BCUT2D eigenvalue weighted by Gasteiger charge is 2.19. The Balaban J connectivity index is 1.79. The Labute approximate surface area is 148 Å². The first-order valence-corrected chi connectivity index (χ1v) is 8.41. The van der Waals surface area contributed by atoms with E-state index in [0.29, 0.717) is 27.0 Å². The lowest BCUT2D eigenvalue weighted by atomic mass is 10.1. The van der Waals surface area contributed by atoms with Crippen molar-refractivity contribution in [2.75, 3.05) is 12.4 Å². The molecule has 8 heteroatoms. The van der Waals surface area contributed by atoms with Gasteiger partial charge >= 0.3 is 5.97 Å². The van der Waals surface area contributed by atoms with E-state index in [4.69, 9.17) is 4.52 Å². The summed E-state index contributed by atoms with van der Waals surface area (Å²) >= 11 is 1.08. The number of benzene rings is 1. The van der Waals surface area contributed by atoms with E-state index in [0.717, 1.165) is 27.8 Å². The minimum absolute atomic E-state index is 0.0576. The van der Waals surface area contributed by atoms with Crippen molar-refractivity contribution >= 4 is 39.3 Å². The van der Waals surface area contributed by atoms with Crippen LogP contribution in [0.25, 0.3) is 11.0 Å². The van der Waals surface area contributed by atoms with Gasteiger partial charge in [0.1, 0.15) is 10.6 Å². The van der Waals surface area contributed by atoms with E-state index in [9.17, 15) is 9.59 Å². The molecule has 0 saturated heterocycles. The van der Waals surface area contributed by atoms with Crippen LogP contribution in [0.5, 0.6) is 0 Å². The molecule has 0 unspecified atom stereocenters. The van der Waals surface area contributed by atoms with Gasteiger partial charge in [0.15, 0.2) is 10.7 Å². The van der Waals surface area contributed by atoms with Crippen molar-refractivity contribution in [3.8, 4) is 0 Å². The van der Waals surface area contributed by atoms with Gasteiger partial charge in [-0.05, 0) is 38.0 Å². The summed E-state index contributed by atoms with van der Waals surface area (Å²) in [6, 6.07) is 3.95. The number of hydrogen-bond donors (Lipinski definition) is 1. The number of anilines is 1. The van der Waals surface area contributed by atoms with Gasteiger partial charge < -0.3 is 14.6 Å². The average molecular weight is 359 g/mol. The van der Waals surface area contributed by atoms with Crippen molar-refractivity contribution in [1.29, 1.82) is 0 Å². The second-order valence-corrected chi connectivity index (χ2v) is 6.74. The molecule has 2 heterocycles. The number of amides is 1. The number of aryl methyl sites for hydroxylation is 3. The number of rotatable bonds is 4. The Morgan fingerprint density at radius 2 is 2.04 bits per heavy atom. The molecule has 3 aromatic rings. The summed E-state index contributed by atoms with van der Waals surface area (Å²) in [5.41, 5.74) is 3.83. The van der Waals surface area contributed by atoms with E-state index in [1.54, 1.807) is 6.92 Å². The van der Waals surface area contributed by atoms with E-state index in [1.165, 1.54) is 7.11 Å². The van der Waals surface area contributed by atoms with Crippen molar-refractivity contribution in [1.82, 2.24) is 10.1 Å². The molecule has 0 spiro atoms. The molecule has 0 saturated carbocycles. The summed E-state index contributed by atoms with van der Waals surface area (Å²) in [7, 11) is 1.30. The van der Waals surface area contributed by atoms with Crippen LogP contribution >= 0.6 is 11.3 Å². The van der Waals surface area contributed by atoms with Gasteiger partial charge in [0.05, 0.1) is 19.2 Å². The fraction of sp³-hybridized carbons (Fsp3) is 0.294. The molecule has 25 heavy (non-hydrogen) atoms. The van der Waals surface area contributed by atoms with Crippen LogP contribution in [0, 0.1) is 20.8 Å². The first kappa shape index (κ1) is 17.1. The summed E-state index contributed by atoms with van der Waals surface area (Å²) in [5, 5.41) is 7.89. The maximum absolute atomic E-state index is 12.3. The smallest absolute Gasteiger partial charge is 0.350 e. The lowest BCUT2D eigenvalue weighted by Gasteiger charge is -2.00. The van der Waals surface area contributed by atoms with Gasteiger partial charge in [-0.1, -0.05) is 22.6 Å². The molecule has 1 aromatic carbocycles. The molecular weight excluding hydrogens is 342 g/mol. The molecule has 2 aromatic heterocycles. The maximum Gasteiger partial charge on any atom is 0.350 e. The second kappa shape index (κ2) is 6.64. The molecule has 0 aliphatic rings. The molecule has 0 radical (unpaired) electrons. The van der Waals surface area contributed by atoms with E-state index in [-0.39, 0.29) is 12.3 Å². The fourth-order valence-electron chi connectivity index (χ4n) is 2.61. The van der Waals surface area contributed by atoms with Crippen molar-refractivity contribution in [3.63, 3.8) is 0 Å². The van der Waals surface area contributed by atoms with E-state index < -0.39 is 5.97 Å². The van der Waals surface area contributed by atoms with Crippen LogP contribution in [-0.2, 0) is 16.0 Å². The minimum Gasteiger partial charge on any atom is -0.465 e. The Morgan fingerprint density at radius 1 is 1.28 bits per heavy atom. The van der Waals surface area contributed by atoms with Gasteiger partial charge in [-0.2, -0.15) is 0 Å². The monoisotopic (exact) mass is 359 g/mol. The number of esters is 1. The summed E-state index contributed by atoms with van der Waals surface area (Å²) in [4.78, 5) is 28.5. The van der Waals surface area contributed by atoms with Gasteiger partial charge in [0.2, 0.25) is 5.91 Å². The Morgan fingerprint density at radius 3 is 2.76 bits per heavy atom. The normalized spacial score (nSPS) is 10.9. The standard InChI is InChI=1S/C17H17N3O4S/c1-8-5-9(2)14-11(6-8)12(20-24-14)7-13(21)19-17-18-10(3)15(25-17)16(22)23-4/h5-6H,7H2,1-4H3,(H,18,19,21). The zero-order valence-electron chi connectivity index (χ0n) is 14.3. The predicted octanol–water partition coefficient (Wildman–Crippen LogP) is 3.18. The predicted molar refractivity (Wildman–Crippen MR) is 94.0 cm³/mol. The number of nitrogens with zero attached hydrogens (tertiary/aromatic N) is 2. The van der Waals surface area contributed by atoms with Gasteiger partial charge in [0.25, 0.3) is 0 Å². The number of carbonyl (C=O) groups excluding carboxylic acids is 2. The molecule has 0 fully saturated rings. The summed E-state index contributed by atoms with van der Waals surface area (Å²) in [6.07, 6.45) is 0.0576. The largest absolute Gasteiger partial charge is 0.465 e. The lowest BCUT2D eigenvalue weighted by Crippen LogP contribution is -2.14. The average Bonchev–Trinajstić information content (AvgIpc) is 3.10. The zero-order valence-corrected chi connectivity index (χ0v) is 15.1. The molecule has 0 aliphatic heterocycles. The van der Waals surface area contributed by atoms with Crippen LogP contribution in [0.15, 0.2) is 16.7 Å². The second-order valence-electron chi connectivity index (χ2n) is 5.74. The molecule has 1 N–H and O–H groups in total. The number of carbonyl (C=O) groups is 2. The number of nitrogens with one attached hydrogen (secondary N) is 1. The third kappa shape index (κ3) is 3.39. The lowest BCUT2D eigenvalue weighted by molar-refractivity contribution is -0.115. The van der Waals surface area contributed by atoms with Crippen LogP contribution in [0.4, 0.5) is 5.13 Å². The van der Waals surface area contributed by atoms with Crippen LogP contribution in [-0.4, -0.2) is 29.1 Å². The van der Waals surface area contributed by atoms with E-state index >= 15 is 0 Å². The number of methoxy groups -OCH3 is 1.